The third-order valence-electron chi connectivity index (χ3n) is 11.5. The molecule has 1 heterocycles. The molecule has 4 nitrogen and oxygen atoms in total. The van der Waals surface area contributed by atoms with Crippen LogP contribution >= 0.6 is 0 Å². The number of fused-ring (bicyclic) bond motifs is 5. The number of aliphatic hydroxyl groups is 1. The molecule has 10 atom stereocenters. The van der Waals surface area contributed by atoms with Crippen LogP contribution in [-0.2, 0) is 6.54 Å². The number of rotatable bonds is 4. The molecule has 5 saturated carbocycles. The lowest BCUT2D eigenvalue weighted by Gasteiger charge is -2.58. The zero-order chi connectivity index (χ0) is 23.0. The Balaban J connectivity index is 1.25. The Morgan fingerprint density at radius 2 is 1.82 bits per heavy atom. The van der Waals surface area contributed by atoms with E-state index >= 15 is 0 Å². The van der Waals surface area contributed by atoms with E-state index in [1.807, 2.05) is 10.9 Å². The topological polar surface area (TPSA) is 61.8 Å². The zero-order valence-corrected chi connectivity index (χ0v) is 20.9. The summed E-state index contributed by atoms with van der Waals surface area (Å²) in [5, 5.41) is 24.4. The molecule has 0 aromatic carbocycles. The van der Waals surface area contributed by atoms with Gasteiger partial charge in [-0.25, -0.2) is 0 Å². The molecule has 5 fully saturated rings. The van der Waals surface area contributed by atoms with Crippen LogP contribution in [0.2, 0.25) is 0 Å². The lowest BCUT2D eigenvalue weighted by atomic mass is 9.47. The summed E-state index contributed by atoms with van der Waals surface area (Å²) in [5.41, 5.74) is 0.725. The first-order valence-corrected chi connectivity index (χ1v) is 13.9. The third-order valence-corrected chi connectivity index (χ3v) is 11.5. The second-order valence-corrected chi connectivity index (χ2v) is 13.5. The quantitative estimate of drug-likeness (QED) is 0.609. The van der Waals surface area contributed by atoms with E-state index in [0.29, 0.717) is 16.9 Å². The van der Waals surface area contributed by atoms with Gasteiger partial charge in [0.1, 0.15) is 6.07 Å². The molecule has 0 saturated heterocycles. The van der Waals surface area contributed by atoms with E-state index in [-0.39, 0.29) is 0 Å². The van der Waals surface area contributed by atoms with E-state index in [1.165, 1.54) is 51.4 Å². The predicted molar refractivity (Wildman–Crippen MR) is 129 cm³/mol. The lowest BCUT2D eigenvalue weighted by molar-refractivity contribution is -0.110. The summed E-state index contributed by atoms with van der Waals surface area (Å²) in [6.07, 6.45) is 16.9. The molecule has 6 rings (SSSR count). The number of hydrogen-bond donors (Lipinski definition) is 1. The summed E-state index contributed by atoms with van der Waals surface area (Å²) >= 11 is 0. The molecule has 1 aromatic rings. The Labute approximate surface area is 200 Å². The molecule has 5 aliphatic carbocycles. The minimum Gasteiger partial charge on any atom is -0.390 e. The number of hydrogen-bond acceptors (Lipinski definition) is 3. The van der Waals surface area contributed by atoms with Crippen molar-refractivity contribution in [1.82, 2.24) is 9.78 Å². The van der Waals surface area contributed by atoms with Crippen LogP contribution in [0.15, 0.2) is 12.4 Å². The molecule has 0 aliphatic heterocycles. The maximum absolute atomic E-state index is 10.7. The van der Waals surface area contributed by atoms with Crippen LogP contribution in [0, 0.1) is 70.0 Å². The van der Waals surface area contributed by atoms with Gasteiger partial charge in [-0.2, -0.15) is 10.4 Å². The smallest absolute Gasteiger partial charge is 0.102 e. The van der Waals surface area contributed by atoms with Crippen LogP contribution < -0.4 is 0 Å². The zero-order valence-electron chi connectivity index (χ0n) is 20.9. The lowest BCUT2D eigenvalue weighted by Crippen LogP contribution is -2.52. The van der Waals surface area contributed by atoms with Gasteiger partial charge in [0.25, 0.3) is 0 Å². The van der Waals surface area contributed by atoms with Crippen molar-refractivity contribution in [2.75, 3.05) is 0 Å². The van der Waals surface area contributed by atoms with Crippen molar-refractivity contribution < 1.29 is 5.11 Å². The van der Waals surface area contributed by atoms with E-state index < -0.39 is 5.60 Å². The Kier molecular flexibility index (Phi) is 5.26. The molecular weight excluding hydrogens is 406 g/mol. The average molecular weight is 450 g/mol. The highest BCUT2D eigenvalue weighted by atomic mass is 16.3. The van der Waals surface area contributed by atoms with Crippen molar-refractivity contribution >= 4 is 0 Å². The summed E-state index contributed by atoms with van der Waals surface area (Å²) in [6.45, 7) is 8.17. The van der Waals surface area contributed by atoms with E-state index in [1.54, 1.807) is 6.20 Å². The van der Waals surface area contributed by atoms with Crippen molar-refractivity contribution in [2.45, 2.75) is 97.1 Å². The standard InChI is InChI=1S/C29H43N3O/c1-18(16-32-17-19(14-30)15-31-32)26-12-25(20-4-5-20)27-24-7-6-21-13-28(2,33)10-8-22(21)23(24)9-11-29(26,27)3/h15,17-18,20-27,33H,4-13,16H2,1-3H3/t18-,21-,22+,23-,24-,25?,26-,27-,28-,29-/m1/s1. The van der Waals surface area contributed by atoms with Crippen molar-refractivity contribution in [3.8, 4) is 6.07 Å². The van der Waals surface area contributed by atoms with Crippen LogP contribution in [0.25, 0.3) is 0 Å². The summed E-state index contributed by atoms with van der Waals surface area (Å²) in [4.78, 5) is 0. The SMILES string of the molecule is C[C@H](Cn1cc(C#N)cn1)[C@H]1CC(C2CC2)[C@H]2[C@@H]3CC[C@@H]4C[C@](C)(O)CC[C@@H]4[C@H]3CC[C@]12C. The number of nitrogens with zero attached hydrogens (tertiary/aromatic N) is 3. The summed E-state index contributed by atoms with van der Waals surface area (Å²) in [6, 6.07) is 2.23. The first kappa shape index (κ1) is 22.1. The summed E-state index contributed by atoms with van der Waals surface area (Å²) in [7, 11) is 0. The normalized spacial score (nSPS) is 47.8. The second-order valence-electron chi connectivity index (χ2n) is 13.5. The van der Waals surface area contributed by atoms with Crippen LogP contribution in [0.5, 0.6) is 0 Å². The Morgan fingerprint density at radius 3 is 2.55 bits per heavy atom. The van der Waals surface area contributed by atoms with E-state index in [4.69, 9.17) is 0 Å². The molecule has 1 aromatic heterocycles. The number of nitriles is 1. The first-order chi connectivity index (χ1) is 15.8. The largest absolute Gasteiger partial charge is 0.390 e. The van der Waals surface area contributed by atoms with Gasteiger partial charge in [0.15, 0.2) is 0 Å². The Hall–Kier alpha value is -1.34. The monoisotopic (exact) mass is 449 g/mol. The third kappa shape index (κ3) is 3.69. The molecule has 1 unspecified atom stereocenters. The predicted octanol–water partition coefficient (Wildman–Crippen LogP) is 6.05. The minimum atomic E-state index is -0.417. The summed E-state index contributed by atoms with van der Waals surface area (Å²) in [5.74, 6) is 7.69. The minimum absolute atomic E-state index is 0.417. The average Bonchev–Trinajstić information content (AvgIpc) is 3.43. The van der Waals surface area contributed by atoms with Gasteiger partial charge in [-0.15, -0.1) is 0 Å². The van der Waals surface area contributed by atoms with Gasteiger partial charge in [-0.3, -0.25) is 4.68 Å². The highest BCUT2D eigenvalue weighted by molar-refractivity contribution is 5.21. The molecule has 5 aliphatic rings. The highest BCUT2D eigenvalue weighted by Crippen LogP contribution is 2.70. The van der Waals surface area contributed by atoms with Gasteiger partial charge in [0.2, 0.25) is 0 Å². The van der Waals surface area contributed by atoms with Crippen molar-refractivity contribution in [3.63, 3.8) is 0 Å². The molecular formula is C29H43N3O. The van der Waals surface area contributed by atoms with Crippen LogP contribution in [0.4, 0.5) is 0 Å². The number of aromatic nitrogens is 2. The Bertz CT molecular complexity index is 926. The molecule has 0 amide bonds. The molecule has 4 heteroatoms. The maximum Gasteiger partial charge on any atom is 0.102 e. The molecule has 0 bridgehead atoms. The fraction of sp³-hybridized carbons (Fsp3) is 0.862. The van der Waals surface area contributed by atoms with E-state index in [9.17, 15) is 10.4 Å². The fourth-order valence-electron chi connectivity index (χ4n) is 10.1. The van der Waals surface area contributed by atoms with Crippen molar-refractivity contribution in [3.05, 3.63) is 18.0 Å². The van der Waals surface area contributed by atoms with Crippen LogP contribution in [0.3, 0.4) is 0 Å². The van der Waals surface area contributed by atoms with Gasteiger partial charge in [-0.1, -0.05) is 13.8 Å². The van der Waals surface area contributed by atoms with Crippen LogP contribution in [-0.4, -0.2) is 20.5 Å². The Morgan fingerprint density at radius 1 is 1.06 bits per heavy atom. The van der Waals surface area contributed by atoms with Gasteiger partial charge in [0, 0.05) is 12.7 Å². The van der Waals surface area contributed by atoms with Gasteiger partial charge >= 0.3 is 0 Å². The molecule has 180 valence electrons. The summed E-state index contributed by atoms with van der Waals surface area (Å²) < 4.78 is 2.02. The van der Waals surface area contributed by atoms with Crippen LogP contribution in [0.1, 0.15) is 90.5 Å². The van der Waals surface area contributed by atoms with E-state index in [0.717, 1.165) is 66.7 Å². The highest BCUT2D eigenvalue weighted by Gasteiger charge is 2.63. The van der Waals surface area contributed by atoms with Crippen molar-refractivity contribution in [2.24, 2.45) is 58.7 Å². The van der Waals surface area contributed by atoms with E-state index in [2.05, 4.69) is 31.9 Å². The molecule has 1 N–H and O–H groups in total. The van der Waals surface area contributed by atoms with Crippen molar-refractivity contribution in [1.29, 1.82) is 5.26 Å². The molecule has 33 heavy (non-hydrogen) atoms. The molecule has 0 spiro atoms. The van der Waals surface area contributed by atoms with Gasteiger partial charge < -0.3 is 5.11 Å². The van der Waals surface area contributed by atoms with Gasteiger partial charge in [-0.05, 0) is 130 Å². The fourth-order valence-corrected chi connectivity index (χ4v) is 10.1. The first-order valence-electron chi connectivity index (χ1n) is 13.9. The second kappa shape index (κ2) is 7.84. The maximum atomic E-state index is 10.7. The molecule has 0 radical (unpaired) electrons. The van der Waals surface area contributed by atoms with Gasteiger partial charge in [0.05, 0.1) is 17.4 Å².